The molecule has 0 aliphatic rings. The molecule has 1 amide bonds. The minimum Gasteiger partial charge on any atom is -0.360 e. The summed E-state index contributed by atoms with van der Waals surface area (Å²) in [4.78, 5) is 12.9. The molecule has 0 aliphatic carbocycles. The van der Waals surface area contributed by atoms with Crippen molar-refractivity contribution in [1.29, 1.82) is 0 Å². The summed E-state index contributed by atoms with van der Waals surface area (Å²) < 4.78 is 20.0. The van der Waals surface area contributed by atoms with E-state index in [-0.39, 0.29) is 11.7 Å². The molecule has 146 valence electrons. The number of carbonyl (C=O) groups excluding carboxylic acids is 1. The molecule has 0 saturated heterocycles. The highest BCUT2D eigenvalue weighted by atomic mass is 32.2. The average Bonchev–Trinajstić information content (AvgIpc) is 3.19. The SMILES string of the molecule is Cc1cc(-n2c(C)cc(/C=N\NC(=O)CCSc3ccc(F)cc3)c2C)no1. The minimum absolute atomic E-state index is 0.174. The van der Waals surface area contributed by atoms with E-state index in [2.05, 4.69) is 15.7 Å². The van der Waals surface area contributed by atoms with Crippen molar-refractivity contribution in [2.45, 2.75) is 32.1 Å². The summed E-state index contributed by atoms with van der Waals surface area (Å²) in [7, 11) is 0. The standard InChI is InChI=1S/C20H21FN4O2S/c1-13-10-16(15(3)25(13)19-11-14(2)27-24-19)12-22-23-20(26)8-9-28-18-6-4-17(21)5-7-18/h4-7,10-12H,8-9H2,1-3H3,(H,23,26)/b22-12-. The molecule has 0 atom stereocenters. The number of thioether (sulfide) groups is 1. The van der Waals surface area contributed by atoms with Gasteiger partial charge in [0.1, 0.15) is 11.6 Å². The molecule has 28 heavy (non-hydrogen) atoms. The summed E-state index contributed by atoms with van der Waals surface area (Å²) in [5.74, 6) is 1.60. The Kier molecular flexibility index (Phi) is 6.30. The van der Waals surface area contributed by atoms with Crippen molar-refractivity contribution < 1.29 is 13.7 Å². The van der Waals surface area contributed by atoms with Crippen molar-refractivity contribution in [3.8, 4) is 5.82 Å². The van der Waals surface area contributed by atoms with Gasteiger partial charge in [-0.1, -0.05) is 5.16 Å². The van der Waals surface area contributed by atoms with Gasteiger partial charge in [0.2, 0.25) is 5.91 Å². The lowest BCUT2D eigenvalue weighted by Gasteiger charge is -2.04. The van der Waals surface area contributed by atoms with E-state index in [1.165, 1.54) is 23.9 Å². The Labute approximate surface area is 166 Å². The zero-order chi connectivity index (χ0) is 20.1. The molecule has 3 aromatic rings. The van der Waals surface area contributed by atoms with Gasteiger partial charge in [0.05, 0.1) is 6.21 Å². The number of halogens is 1. The molecule has 8 heteroatoms. The Bertz CT molecular complexity index is 992. The van der Waals surface area contributed by atoms with Crippen LogP contribution in [0.1, 0.15) is 29.1 Å². The molecule has 6 nitrogen and oxygen atoms in total. The number of hydrogen-bond acceptors (Lipinski definition) is 5. The van der Waals surface area contributed by atoms with Crippen LogP contribution >= 0.6 is 11.8 Å². The summed E-state index contributed by atoms with van der Waals surface area (Å²) in [5.41, 5.74) is 5.38. The van der Waals surface area contributed by atoms with Crippen molar-refractivity contribution in [1.82, 2.24) is 15.1 Å². The lowest BCUT2D eigenvalue weighted by Crippen LogP contribution is -2.17. The molecule has 1 aromatic carbocycles. The van der Waals surface area contributed by atoms with Crippen LogP contribution in [0, 0.1) is 26.6 Å². The van der Waals surface area contributed by atoms with Gasteiger partial charge in [-0.2, -0.15) is 5.10 Å². The molecule has 0 fully saturated rings. The molecular weight excluding hydrogens is 379 g/mol. The molecule has 0 radical (unpaired) electrons. The lowest BCUT2D eigenvalue weighted by atomic mass is 10.3. The quantitative estimate of drug-likeness (QED) is 0.367. The van der Waals surface area contributed by atoms with Gasteiger partial charge in [0.25, 0.3) is 0 Å². The van der Waals surface area contributed by atoms with Crippen LogP contribution in [0.3, 0.4) is 0 Å². The monoisotopic (exact) mass is 400 g/mol. The van der Waals surface area contributed by atoms with E-state index >= 15 is 0 Å². The maximum absolute atomic E-state index is 12.9. The number of nitrogens with one attached hydrogen (secondary N) is 1. The first kappa shape index (κ1) is 19.9. The Morgan fingerprint density at radius 2 is 2.04 bits per heavy atom. The number of aryl methyl sites for hydroxylation is 2. The van der Waals surface area contributed by atoms with E-state index in [4.69, 9.17) is 4.52 Å². The number of aromatic nitrogens is 2. The van der Waals surface area contributed by atoms with E-state index in [1.807, 2.05) is 37.5 Å². The highest BCUT2D eigenvalue weighted by molar-refractivity contribution is 7.99. The van der Waals surface area contributed by atoms with Gasteiger partial charge < -0.3 is 4.52 Å². The molecule has 0 bridgehead atoms. The summed E-state index contributed by atoms with van der Waals surface area (Å²) in [6.07, 6.45) is 1.94. The second-order valence-electron chi connectivity index (χ2n) is 6.30. The third-order valence-corrected chi connectivity index (χ3v) is 5.13. The zero-order valence-corrected chi connectivity index (χ0v) is 16.7. The molecule has 2 aromatic heterocycles. The third kappa shape index (κ3) is 4.89. The second kappa shape index (κ2) is 8.88. The fourth-order valence-electron chi connectivity index (χ4n) is 2.75. The molecule has 3 rings (SSSR count). The first-order chi connectivity index (χ1) is 13.4. The van der Waals surface area contributed by atoms with Crippen LogP contribution in [0.25, 0.3) is 5.82 Å². The smallest absolute Gasteiger partial charge is 0.240 e. The Balaban J connectivity index is 1.53. The number of rotatable bonds is 7. The number of nitrogens with zero attached hydrogens (tertiary/aromatic N) is 3. The van der Waals surface area contributed by atoms with E-state index in [1.54, 1.807) is 18.3 Å². The highest BCUT2D eigenvalue weighted by Gasteiger charge is 2.12. The topological polar surface area (TPSA) is 72.4 Å². The predicted octanol–water partition coefficient (Wildman–Crippen LogP) is 4.16. The van der Waals surface area contributed by atoms with Crippen LogP contribution < -0.4 is 5.43 Å². The van der Waals surface area contributed by atoms with E-state index < -0.39 is 0 Å². The molecule has 2 heterocycles. The van der Waals surface area contributed by atoms with Crippen molar-refractivity contribution in [2.24, 2.45) is 5.10 Å². The van der Waals surface area contributed by atoms with Crippen molar-refractivity contribution in [3.63, 3.8) is 0 Å². The summed E-state index contributed by atoms with van der Waals surface area (Å²) in [6.45, 7) is 5.77. The summed E-state index contributed by atoms with van der Waals surface area (Å²) >= 11 is 1.50. The van der Waals surface area contributed by atoms with Gasteiger partial charge in [-0.3, -0.25) is 9.36 Å². The van der Waals surface area contributed by atoms with E-state index in [0.717, 1.165) is 27.6 Å². The van der Waals surface area contributed by atoms with Crippen LogP contribution in [0.15, 0.2) is 50.9 Å². The number of hydrazone groups is 1. The highest BCUT2D eigenvalue weighted by Crippen LogP contribution is 2.20. The molecule has 0 saturated carbocycles. The van der Waals surface area contributed by atoms with Gasteiger partial charge in [-0.05, 0) is 51.1 Å². The van der Waals surface area contributed by atoms with Gasteiger partial charge in [0.15, 0.2) is 5.82 Å². The first-order valence-electron chi connectivity index (χ1n) is 8.77. The van der Waals surface area contributed by atoms with Crippen LogP contribution in [-0.4, -0.2) is 27.6 Å². The predicted molar refractivity (Wildman–Crippen MR) is 108 cm³/mol. The Morgan fingerprint density at radius 3 is 2.71 bits per heavy atom. The van der Waals surface area contributed by atoms with Crippen LogP contribution in [-0.2, 0) is 4.79 Å². The Morgan fingerprint density at radius 1 is 1.29 bits per heavy atom. The van der Waals surface area contributed by atoms with Gasteiger partial charge >= 0.3 is 0 Å². The van der Waals surface area contributed by atoms with Gasteiger partial charge in [-0.15, -0.1) is 11.8 Å². The molecule has 0 unspecified atom stereocenters. The number of benzene rings is 1. The lowest BCUT2D eigenvalue weighted by molar-refractivity contribution is -0.120. The maximum atomic E-state index is 12.9. The van der Waals surface area contributed by atoms with Crippen molar-refractivity contribution in [2.75, 3.05) is 5.75 Å². The number of hydrogen-bond donors (Lipinski definition) is 1. The summed E-state index contributed by atoms with van der Waals surface area (Å²) in [6, 6.07) is 10.0. The molecular formula is C20H21FN4O2S. The van der Waals surface area contributed by atoms with Crippen LogP contribution in [0.4, 0.5) is 4.39 Å². The third-order valence-electron chi connectivity index (χ3n) is 4.12. The molecule has 0 aliphatic heterocycles. The fraction of sp³-hybridized carbons (Fsp3) is 0.250. The van der Waals surface area contributed by atoms with Crippen molar-refractivity contribution >= 4 is 23.9 Å². The van der Waals surface area contributed by atoms with E-state index in [0.29, 0.717) is 18.0 Å². The van der Waals surface area contributed by atoms with E-state index in [9.17, 15) is 9.18 Å². The maximum Gasteiger partial charge on any atom is 0.240 e. The van der Waals surface area contributed by atoms with Crippen LogP contribution in [0.5, 0.6) is 0 Å². The largest absolute Gasteiger partial charge is 0.360 e. The Hall–Kier alpha value is -2.87. The normalized spacial score (nSPS) is 11.3. The summed E-state index contributed by atoms with van der Waals surface area (Å²) in [5, 5.41) is 8.10. The van der Waals surface area contributed by atoms with Crippen LogP contribution in [0.2, 0.25) is 0 Å². The minimum atomic E-state index is -0.269. The average molecular weight is 400 g/mol. The molecule has 0 spiro atoms. The molecule has 1 N–H and O–H groups in total. The second-order valence-corrected chi connectivity index (χ2v) is 7.47. The first-order valence-corrected chi connectivity index (χ1v) is 9.75. The fourth-order valence-corrected chi connectivity index (χ4v) is 3.60. The van der Waals surface area contributed by atoms with Crippen molar-refractivity contribution in [3.05, 3.63) is 64.9 Å². The number of amides is 1. The van der Waals surface area contributed by atoms with Gasteiger partial charge in [0, 0.05) is 40.1 Å². The zero-order valence-electron chi connectivity index (χ0n) is 15.9. The number of carbonyl (C=O) groups is 1. The van der Waals surface area contributed by atoms with Gasteiger partial charge in [-0.25, -0.2) is 9.82 Å².